The Morgan fingerprint density at radius 3 is 2.09 bits per heavy atom. The Morgan fingerprint density at radius 2 is 1.43 bits per heavy atom. The molecule has 0 aliphatic heterocycles. The fourth-order valence-electron chi connectivity index (χ4n) is 5.25. The van der Waals surface area contributed by atoms with E-state index in [0.717, 1.165) is 25.2 Å². The van der Waals surface area contributed by atoms with Gasteiger partial charge in [0.05, 0.1) is 12.3 Å². The zero-order valence-electron chi connectivity index (χ0n) is 21.8. The Kier molecular flexibility index (Phi) is 11.9. The summed E-state index contributed by atoms with van der Waals surface area (Å²) in [6.07, 6.45) is 17.7. The van der Waals surface area contributed by atoms with E-state index in [9.17, 15) is 8.78 Å². The minimum atomic E-state index is -0.833. The van der Waals surface area contributed by atoms with E-state index in [4.69, 9.17) is 4.74 Å². The molecule has 0 atom stereocenters. The molecule has 2 aromatic rings. The van der Waals surface area contributed by atoms with Crippen molar-refractivity contribution in [3.05, 3.63) is 41.5 Å². The van der Waals surface area contributed by atoms with Gasteiger partial charge in [-0.05, 0) is 48.8 Å². The van der Waals surface area contributed by atoms with E-state index in [1.807, 2.05) is 0 Å². The van der Waals surface area contributed by atoms with Crippen LogP contribution < -0.4 is 4.74 Å². The molecule has 1 aliphatic carbocycles. The van der Waals surface area contributed by atoms with Crippen molar-refractivity contribution in [1.29, 1.82) is 0 Å². The van der Waals surface area contributed by atoms with Crippen molar-refractivity contribution in [3.8, 4) is 17.1 Å². The number of benzene rings is 1. The van der Waals surface area contributed by atoms with E-state index in [0.29, 0.717) is 36.1 Å². The predicted molar refractivity (Wildman–Crippen MR) is 140 cm³/mol. The lowest BCUT2D eigenvalue weighted by Crippen LogP contribution is -2.15. The number of aryl methyl sites for hydroxylation is 1. The van der Waals surface area contributed by atoms with Crippen molar-refractivity contribution >= 4 is 0 Å². The highest BCUT2D eigenvalue weighted by atomic mass is 19.2. The van der Waals surface area contributed by atoms with E-state index in [1.54, 1.807) is 24.3 Å². The van der Waals surface area contributed by atoms with Gasteiger partial charge < -0.3 is 4.74 Å². The summed E-state index contributed by atoms with van der Waals surface area (Å²) in [5.41, 5.74) is 0.938. The summed E-state index contributed by atoms with van der Waals surface area (Å²) in [6, 6.07) is 6.67. The third-order valence-corrected chi connectivity index (χ3v) is 7.58. The van der Waals surface area contributed by atoms with Gasteiger partial charge in [-0.2, -0.15) is 0 Å². The minimum Gasteiger partial charge on any atom is -0.477 e. The lowest BCUT2D eigenvalue weighted by atomic mass is 9.77. The number of unbranched alkanes of at least 4 members (excludes halogenated alkanes) is 6. The SMILES string of the molecule is CCCCCCOc1ccc(-c2ccc(CCC3CCC(CCCCCC)CC3)c(F)c2F)nn1. The van der Waals surface area contributed by atoms with Gasteiger partial charge in [-0.3, -0.25) is 0 Å². The standard InChI is InChI=1S/C30H44F2N2O/c1-3-5-7-9-11-23-12-14-24(15-13-23)16-17-25-18-19-26(30(32)29(25)31)27-20-21-28(34-33-27)35-22-10-8-6-4-2/h18-21,23-24H,3-17,22H2,1-2H3. The van der Waals surface area contributed by atoms with E-state index >= 15 is 0 Å². The van der Waals surface area contributed by atoms with Crippen LogP contribution in [0.1, 0.15) is 109 Å². The van der Waals surface area contributed by atoms with Crippen molar-refractivity contribution < 1.29 is 13.5 Å². The number of hydrogen-bond donors (Lipinski definition) is 0. The van der Waals surface area contributed by atoms with E-state index in [2.05, 4.69) is 24.0 Å². The molecule has 1 aliphatic rings. The van der Waals surface area contributed by atoms with Crippen molar-refractivity contribution in [2.45, 2.75) is 110 Å². The molecule has 5 heteroatoms. The predicted octanol–water partition coefficient (Wildman–Crippen LogP) is 9.09. The van der Waals surface area contributed by atoms with Crippen molar-refractivity contribution in [1.82, 2.24) is 10.2 Å². The molecule has 1 fully saturated rings. The van der Waals surface area contributed by atoms with Crippen molar-refractivity contribution in [3.63, 3.8) is 0 Å². The molecular weight excluding hydrogens is 442 g/mol. The first-order chi connectivity index (χ1) is 17.1. The number of hydrogen-bond acceptors (Lipinski definition) is 3. The molecule has 0 saturated heterocycles. The van der Waals surface area contributed by atoms with Gasteiger partial charge in [0.15, 0.2) is 11.6 Å². The topological polar surface area (TPSA) is 35.0 Å². The van der Waals surface area contributed by atoms with Crippen LogP contribution in [-0.4, -0.2) is 16.8 Å². The Balaban J connectivity index is 1.46. The van der Waals surface area contributed by atoms with Crippen LogP contribution in [0.15, 0.2) is 24.3 Å². The molecule has 0 amide bonds. The largest absolute Gasteiger partial charge is 0.477 e. The van der Waals surface area contributed by atoms with Gasteiger partial charge >= 0.3 is 0 Å². The van der Waals surface area contributed by atoms with Crippen LogP contribution in [0, 0.1) is 23.5 Å². The third-order valence-electron chi connectivity index (χ3n) is 7.58. The number of halogens is 2. The molecule has 1 aromatic heterocycles. The number of nitrogens with zero attached hydrogens (tertiary/aromatic N) is 2. The Bertz CT molecular complexity index is 863. The second-order valence-corrected chi connectivity index (χ2v) is 10.3. The van der Waals surface area contributed by atoms with Crippen LogP contribution in [0.2, 0.25) is 0 Å². The molecule has 0 spiro atoms. The molecule has 0 radical (unpaired) electrons. The highest BCUT2D eigenvalue weighted by Gasteiger charge is 2.22. The summed E-state index contributed by atoms with van der Waals surface area (Å²) in [4.78, 5) is 0. The fraction of sp³-hybridized carbons (Fsp3) is 0.667. The highest BCUT2D eigenvalue weighted by molar-refractivity contribution is 5.60. The summed E-state index contributed by atoms with van der Waals surface area (Å²) in [7, 11) is 0. The smallest absolute Gasteiger partial charge is 0.233 e. The molecule has 1 aromatic carbocycles. The molecule has 1 heterocycles. The summed E-state index contributed by atoms with van der Waals surface area (Å²) < 4.78 is 35.4. The van der Waals surface area contributed by atoms with E-state index < -0.39 is 11.6 Å². The van der Waals surface area contributed by atoms with Crippen molar-refractivity contribution in [2.75, 3.05) is 6.61 Å². The monoisotopic (exact) mass is 486 g/mol. The van der Waals surface area contributed by atoms with Crippen LogP contribution >= 0.6 is 0 Å². The molecular formula is C30H44F2N2O. The molecule has 3 rings (SSSR count). The second kappa shape index (κ2) is 15.2. The van der Waals surface area contributed by atoms with Gasteiger partial charge in [0.1, 0.15) is 0 Å². The fourth-order valence-corrected chi connectivity index (χ4v) is 5.25. The van der Waals surface area contributed by atoms with Gasteiger partial charge in [-0.1, -0.05) is 97.0 Å². The summed E-state index contributed by atoms with van der Waals surface area (Å²) in [6.45, 7) is 5.01. The first-order valence-corrected chi connectivity index (χ1v) is 14.1. The molecule has 0 N–H and O–H groups in total. The van der Waals surface area contributed by atoms with Gasteiger partial charge in [0.2, 0.25) is 5.88 Å². The summed E-state index contributed by atoms with van der Waals surface area (Å²) >= 11 is 0. The average Bonchev–Trinajstić information content (AvgIpc) is 2.89. The van der Waals surface area contributed by atoms with Gasteiger partial charge in [0, 0.05) is 11.6 Å². The van der Waals surface area contributed by atoms with Crippen LogP contribution in [-0.2, 0) is 6.42 Å². The van der Waals surface area contributed by atoms with Crippen LogP contribution in [0.5, 0.6) is 5.88 Å². The lowest BCUT2D eigenvalue weighted by Gasteiger charge is -2.28. The zero-order valence-corrected chi connectivity index (χ0v) is 21.8. The van der Waals surface area contributed by atoms with Crippen molar-refractivity contribution in [2.24, 2.45) is 11.8 Å². The lowest BCUT2D eigenvalue weighted by molar-refractivity contribution is 0.248. The molecule has 0 unspecified atom stereocenters. The quantitative estimate of drug-likeness (QED) is 0.235. The highest BCUT2D eigenvalue weighted by Crippen LogP contribution is 2.35. The van der Waals surface area contributed by atoms with Gasteiger partial charge in [-0.15, -0.1) is 10.2 Å². The molecule has 0 bridgehead atoms. The Hall–Kier alpha value is -2.04. The molecule has 1 saturated carbocycles. The minimum absolute atomic E-state index is 0.150. The Morgan fingerprint density at radius 1 is 0.743 bits per heavy atom. The maximum Gasteiger partial charge on any atom is 0.233 e. The summed E-state index contributed by atoms with van der Waals surface area (Å²) in [5.74, 6) is 0.337. The van der Waals surface area contributed by atoms with Crippen LogP contribution in [0.3, 0.4) is 0 Å². The first-order valence-electron chi connectivity index (χ1n) is 14.1. The number of rotatable bonds is 15. The van der Waals surface area contributed by atoms with Gasteiger partial charge in [-0.25, -0.2) is 8.78 Å². The van der Waals surface area contributed by atoms with E-state index in [-0.39, 0.29) is 5.56 Å². The maximum absolute atomic E-state index is 14.9. The van der Waals surface area contributed by atoms with Crippen LogP contribution in [0.4, 0.5) is 8.78 Å². The number of aromatic nitrogens is 2. The van der Waals surface area contributed by atoms with E-state index in [1.165, 1.54) is 70.6 Å². The Labute approximate surface area is 211 Å². The normalized spacial score (nSPS) is 18.1. The average molecular weight is 487 g/mol. The first kappa shape index (κ1) is 27.5. The molecule has 35 heavy (non-hydrogen) atoms. The third kappa shape index (κ3) is 8.84. The number of ether oxygens (including phenoxy) is 1. The summed E-state index contributed by atoms with van der Waals surface area (Å²) in [5, 5.41) is 8.11. The zero-order chi connectivity index (χ0) is 24.9. The van der Waals surface area contributed by atoms with Crippen LogP contribution in [0.25, 0.3) is 11.3 Å². The molecule has 194 valence electrons. The molecule has 3 nitrogen and oxygen atoms in total. The second-order valence-electron chi connectivity index (χ2n) is 10.3. The maximum atomic E-state index is 14.9. The van der Waals surface area contributed by atoms with Gasteiger partial charge in [0.25, 0.3) is 0 Å².